The predicted molar refractivity (Wildman–Crippen MR) is 104 cm³/mol. The summed E-state index contributed by atoms with van der Waals surface area (Å²) in [4.78, 5) is 28.8. The minimum atomic E-state index is -0.548. The summed E-state index contributed by atoms with van der Waals surface area (Å²) in [6, 6.07) is 16.7. The third-order valence-electron chi connectivity index (χ3n) is 3.78. The topological polar surface area (TPSA) is 68.3 Å². The number of hydrogen-bond donors (Lipinski definition) is 1. The second kappa shape index (κ2) is 8.10. The molecule has 3 aromatic rings. The first-order chi connectivity index (χ1) is 12.6. The monoisotopic (exact) mass is 412 g/mol. The summed E-state index contributed by atoms with van der Waals surface area (Å²) in [6.45, 7) is 1.99. The number of para-hydroxylation sites is 1. The van der Waals surface area contributed by atoms with Crippen LogP contribution in [0, 0.1) is 0 Å². The highest BCUT2D eigenvalue weighted by atomic mass is 79.9. The van der Waals surface area contributed by atoms with Crippen LogP contribution >= 0.6 is 15.9 Å². The normalized spacial score (nSPS) is 10.5. The Morgan fingerprint density at radius 1 is 1.12 bits per heavy atom. The lowest BCUT2D eigenvalue weighted by Crippen LogP contribution is -2.28. The fourth-order valence-electron chi connectivity index (χ4n) is 2.57. The molecule has 0 atom stereocenters. The molecule has 1 N–H and O–H groups in total. The van der Waals surface area contributed by atoms with Crippen LogP contribution in [-0.4, -0.2) is 30.0 Å². The second-order valence-electron chi connectivity index (χ2n) is 5.61. The van der Waals surface area contributed by atoms with E-state index in [0.29, 0.717) is 28.7 Å². The minimum absolute atomic E-state index is 0.309. The first kappa shape index (κ1) is 18.1. The second-order valence-corrected chi connectivity index (χ2v) is 6.52. The summed E-state index contributed by atoms with van der Waals surface area (Å²) >= 11 is 3.41. The van der Waals surface area contributed by atoms with E-state index in [4.69, 9.17) is 4.74 Å². The molecule has 1 aromatic heterocycles. The largest absolute Gasteiger partial charge is 0.452 e. The Balaban J connectivity index is 1.98. The maximum absolute atomic E-state index is 12.6. The molecule has 0 saturated carbocycles. The zero-order valence-electron chi connectivity index (χ0n) is 14.2. The standard InChI is InChI=1S/C20H17BrN2O3/c1-2-22-19(24)12-26-20(25)16-11-18(13-7-9-14(21)10-8-13)23-17-6-4-3-5-15(16)17/h3-11H,2,12H2,1H3,(H,22,24). The number of carbonyl (C=O) groups is 2. The van der Waals surface area contributed by atoms with Crippen LogP contribution in [0.2, 0.25) is 0 Å². The summed E-state index contributed by atoms with van der Waals surface area (Å²) in [5.41, 5.74) is 2.63. The molecule has 0 aliphatic carbocycles. The summed E-state index contributed by atoms with van der Waals surface area (Å²) in [6.07, 6.45) is 0. The van der Waals surface area contributed by atoms with Crippen LogP contribution in [0.3, 0.4) is 0 Å². The number of nitrogens with one attached hydrogen (secondary N) is 1. The summed E-state index contributed by atoms with van der Waals surface area (Å²) in [5.74, 6) is -0.874. The lowest BCUT2D eigenvalue weighted by atomic mass is 10.0. The number of esters is 1. The van der Waals surface area contributed by atoms with Gasteiger partial charge in [-0.05, 0) is 31.2 Å². The van der Waals surface area contributed by atoms with Gasteiger partial charge in [0.15, 0.2) is 6.61 Å². The van der Waals surface area contributed by atoms with E-state index < -0.39 is 5.97 Å². The molecule has 26 heavy (non-hydrogen) atoms. The lowest BCUT2D eigenvalue weighted by molar-refractivity contribution is -0.124. The number of likely N-dealkylation sites (N-methyl/N-ethyl adjacent to an activating group) is 1. The van der Waals surface area contributed by atoms with Gasteiger partial charge in [0.1, 0.15) is 0 Å². The number of ether oxygens (including phenoxy) is 1. The Morgan fingerprint density at radius 3 is 2.58 bits per heavy atom. The molecule has 132 valence electrons. The Kier molecular flexibility index (Phi) is 5.63. The third kappa shape index (κ3) is 4.08. The Bertz CT molecular complexity index is 955. The van der Waals surface area contributed by atoms with E-state index in [2.05, 4.69) is 26.2 Å². The molecule has 3 rings (SSSR count). The number of benzene rings is 2. The van der Waals surface area contributed by atoms with Crippen LogP contribution in [0.5, 0.6) is 0 Å². The van der Waals surface area contributed by atoms with Crippen molar-refractivity contribution in [1.82, 2.24) is 10.3 Å². The fourth-order valence-corrected chi connectivity index (χ4v) is 2.83. The molecule has 0 aliphatic heterocycles. The highest BCUT2D eigenvalue weighted by molar-refractivity contribution is 9.10. The number of halogens is 1. The number of hydrogen-bond acceptors (Lipinski definition) is 4. The summed E-state index contributed by atoms with van der Waals surface area (Å²) in [5, 5.41) is 3.29. The van der Waals surface area contributed by atoms with Crippen molar-refractivity contribution in [1.29, 1.82) is 0 Å². The third-order valence-corrected chi connectivity index (χ3v) is 4.31. The number of amides is 1. The zero-order chi connectivity index (χ0) is 18.5. The van der Waals surface area contributed by atoms with Crippen molar-refractivity contribution >= 4 is 38.7 Å². The summed E-state index contributed by atoms with van der Waals surface area (Å²) < 4.78 is 6.14. The van der Waals surface area contributed by atoms with E-state index in [1.165, 1.54) is 0 Å². The molecule has 2 aromatic carbocycles. The maximum Gasteiger partial charge on any atom is 0.339 e. The van der Waals surface area contributed by atoms with Crippen LogP contribution in [0.25, 0.3) is 22.2 Å². The van der Waals surface area contributed by atoms with E-state index in [1.807, 2.05) is 48.5 Å². The lowest BCUT2D eigenvalue weighted by Gasteiger charge is -2.10. The van der Waals surface area contributed by atoms with E-state index in [0.717, 1.165) is 10.0 Å². The summed E-state index contributed by atoms with van der Waals surface area (Å²) in [7, 11) is 0. The van der Waals surface area contributed by atoms with Gasteiger partial charge in [0.05, 0.1) is 16.8 Å². The fraction of sp³-hybridized carbons (Fsp3) is 0.150. The van der Waals surface area contributed by atoms with Gasteiger partial charge in [0.2, 0.25) is 0 Å². The first-order valence-corrected chi connectivity index (χ1v) is 8.97. The van der Waals surface area contributed by atoms with Gasteiger partial charge in [-0.2, -0.15) is 0 Å². The van der Waals surface area contributed by atoms with Gasteiger partial charge in [0.25, 0.3) is 5.91 Å². The van der Waals surface area contributed by atoms with Crippen molar-refractivity contribution < 1.29 is 14.3 Å². The highest BCUT2D eigenvalue weighted by Crippen LogP contribution is 2.26. The molecule has 1 amide bonds. The zero-order valence-corrected chi connectivity index (χ0v) is 15.7. The van der Waals surface area contributed by atoms with Gasteiger partial charge >= 0.3 is 5.97 Å². The number of pyridine rings is 1. The molecule has 5 nitrogen and oxygen atoms in total. The van der Waals surface area contributed by atoms with Crippen LogP contribution in [0.1, 0.15) is 17.3 Å². The van der Waals surface area contributed by atoms with Crippen molar-refractivity contribution in [2.75, 3.05) is 13.2 Å². The Hall–Kier alpha value is -2.73. The minimum Gasteiger partial charge on any atom is -0.452 e. The van der Waals surface area contributed by atoms with Crippen molar-refractivity contribution in [3.05, 3.63) is 64.6 Å². The predicted octanol–water partition coefficient (Wildman–Crippen LogP) is 3.96. The van der Waals surface area contributed by atoms with Gasteiger partial charge in [-0.15, -0.1) is 0 Å². The Labute approximate surface area is 159 Å². The molecule has 0 radical (unpaired) electrons. The van der Waals surface area contributed by atoms with Crippen molar-refractivity contribution in [2.45, 2.75) is 6.92 Å². The molecule has 0 fully saturated rings. The van der Waals surface area contributed by atoms with Gasteiger partial charge in [0, 0.05) is 22.0 Å². The number of rotatable bonds is 5. The molecule has 1 heterocycles. The molecule has 0 aliphatic rings. The Morgan fingerprint density at radius 2 is 1.85 bits per heavy atom. The van der Waals surface area contributed by atoms with E-state index in [1.54, 1.807) is 13.0 Å². The van der Waals surface area contributed by atoms with E-state index >= 15 is 0 Å². The number of nitrogens with zero attached hydrogens (tertiary/aromatic N) is 1. The molecular weight excluding hydrogens is 396 g/mol. The molecular formula is C20H17BrN2O3. The van der Waals surface area contributed by atoms with Crippen LogP contribution in [0.15, 0.2) is 59.1 Å². The smallest absolute Gasteiger partial charge is 0.339 e. The number of carbonyl (C=O) groups excluding carboxylic acids is 2. The van der Waals surface area contributed by atoms with Crippen LogP contribution in [0.4, 0.5) is 0 Å². The van der Waals surface area contributed by atoms with E-state index in [-0.39, 0.29) is 12.5 Å². The number of fused-ring (bicyclic) bond motifs is 1. The molecule has 0 spiro atoms. The van der Waals surface area contributed by atoms with Crippen molar-refractivity contribution in [3.63, 3.8) is 0 Å². The SMILES string of the molecule is CCNC(=O)COC(=O)c1cc(-c2ccc(Br)cc2)nc2ccccc12. The maximum atomic E-state index is 12.6. The van der Waals surface area contributed by atoms with Crippen molar-refractivity contribution in [3.8, 4) is 11.3 Å². The van der Waals surface area contributed by atoms with Gasteiger partial charge < -0.3 is 10.1 Å². The highest BCUT2D eigenvalue weighted by Gasteiger charge is 2.16. The molecule has 6 heteroatoms. The first-order valence-electron chi connectivity index (χ1n) is 8.18. The van der Waals surface area contributed by atoms with Crippen molar-refractivity contribution in [2.24, 2.45) is 0 Å². The van der Waals surface area contributed by atoms with E-state index in [9.17, 15) is 9.59 Å². The van der Waals surface area contributed by atoms with Crippen LogP contribution in [-0.2, 0) is 9.53 Å². The average molecular weight is 413 g/mol. The molecule has 0 bridgehead atoms. The number of aromatic nitrogens is 1. The molecule has 0 saturated heterocycles. The quantitative estimate of drug-likeness (QED) is 0.643. The van der Waals surface area contributed by atoms with Gasteiger partial charge in [-0.3, -0.25) is 4.79 Å². The van der Waals surface area contributed by atoms with Gasteiger partial charge in [-0.25, -0.2) is 9.78 Å². The average Bonchev–Trinajstić information content (AvgIpc) is 2.66. The van der Waals surface area contributed by atoms with Crippen LogP contribution < -0.4 is 5.32 Å². The molecule has 0 unspecified atom stereocenters. The van der Waals surface area contributed by atoms with Gasteiger partial charge in [-0.1, -0.05) is 46.3 Å².